The second-order valence-corrected chi connectivity index (χ2v) is 6.69. The van der Waals surface area contributed by atoms with Crippen molar-refractivity contribution in [3.05, 3.63) is 48.3 Å². The molecule has 1 saturated heterocycles. The maximum atomic E-state index is 13.7. The normalized spacial score (nSPS) is 15.7. The van der Waals surface area contributed by atoms with E-state index in [0.717, 1.165) is 11.6 Å². The Morgan fingerprint density at radius 3 is 2.68 bits per heavy atom. The second-order valence-electron chi connectivity index (χ2n) is 6.69. The molecule has 1 atom stereocenters. The number of amides is 1. The van der Waals surface area contributed by atoms with E-state index in [0.29, 0.717) is 31.8 Å². The van der Waals surface area contributed by atoms with Gasteiger partial charge in [0.25, 0.3) is 5.91 Å². The third-order valence-electron chi connectivity index (χ3n) is 4.86. The Labute approximate surface area is 161 Å². The average Bonchev–Trinajstić information content (AvgIpc) is 3.10. The molecule has 4 rings (SSSR count). The molecule has 2 aromatic heterocycles. The van der Waals surface area contributed by atoms with Crippen LogP contribution in [-0.4, -0.2) is 62.7 Å². The van der Waals surface area contributed by atoms with Gasteiger partial charge in [-0.3, -0.25) is 9.20 Å². The lowest BCUT2D eigenvalue weighted by Crippen LogP contribution is -2.52. The van der Waals surface area contributed by atoms with Crippen molar-refractivity contribution in [2.45, 2.75) is 20.0 Å². The smallest absolute Gasteiger partial charge is 0.263 e. The minimum Gasteiger partial charge on any atom is -0.478 e. The molecule has 1 aromatic carbocycles. The number of nitrogens with zero attached hydrogens (tertiary/aromatic N) is 6. The molecule has 8 nitrogen and oxygen atoms in total. The molecule has 3 heterocycles. The molecule has 146 valence electrons. The summed E-state index contributed by atoms with van der Waals surface area (Å²) in [5.41, 5.74) is 0.705. The first kappa shape index (κ1) is 18.1. The standard InChI is InChI=1S/C19H21FN6O2/c1-13(28-16-6-4-3-5-15(16)20)19(27)25-11-9-24(10-12-25)17-18-23-22-14(2)26(18)8-7-21-17/h3-8,13H,9-12H2,1-2H3. The Kier molecular flexibility index (Phi) is 4.81. The van der Waals surface area contributed by atoms with Crippen LogP contribution >= 0.6 is 0 Å². The van der Waals surface area contributed by atoms with Gasteiger partial charge in [-0.2, -0.15) is 0 Å². The molecule has 9 heteroatoms. The quantitative estimate of drug-likeness (QED) is 0.681. The lowest BCUT2D eigenvalue weighted by Gasteiger charge is -2.36. The Morgan fingerprint density at radius 2 is 1.93 bits per heavy atom. The molecule has 0 radical (unpaired) electrons. The Hall–Kier alpha value is -3.23. The molecule has 0 aliphatic carbocycles. The fourth-order valence-corrected chi connectivity index (χ4v) is 3.33. The first-order chi connectivity index (χ1) is 13.5. The van der Waals surface area contributed by atoms with Crippen molar-refractivity contribution in [2.24, 2.45) is 0 Å². The molecule has 28 heavy (non-hydrogen) atoms. The first-order valence-corrected chi connectivity index (χ1v) is 9.16. The van der Waals surface area contributed by atoms with Gasteiger partial charge in [-0.05, 0) is 26.0 Å². The van der Waals surface area contributed by atoms with Crippen LogP contribution in [0.3, 0.4) is 0 Å². The molecular weight excluding hydrogens is 363 g/mol. The monoisotopic (exact) mass is 384 g/mol. The van der Waals surface area contributed by atoms with Crippen LogP contribution in [0.4, 0.5) is 10.2 Å². The van der Waals surface area contributed by atoms with Crippen molar-refractivity contribution < 1.29 is 13.9 Å². The summed E-state index contributed by atoms with van der Waals surface area (Å²) >= 11 is 0. The minimum absolute atomic E-state index is 0.0834. The van der Waals surface area contributed by atoms with Crippen LogP contribution in [0.5, 0.6) is 5.75 Å². The van der Waals surface area contributed by atoms with E-state index in [1.807, 2.05) is 17.5 Å². The molecule has 1 unspecified atom stereocenters. The average molecular weight is 384 g/mol. The number of piperazine rings is 1. The fourth-order valence-electron chi connectivity index (χ4n) is 3.33. The number of ether oxygens (including phenoxy) is 1. The number of aromatic nitrogens is 4. The molecule has 3 aromatic rings. The fraction of sp³-hybridized carbons (Fsp3) is 0.368. The number of hydrogen-bond donors (Lipinski definition) is 0. The van der Waals surface area contributed by atoms with Gasteiger partial charge in [-0.1, -0.05) is 12.1 Å². The van der Waals surface area contributed by atoms with Crippen LogP contribution in [0, 0.1) is 12.7 Å². The Morgan fingerprint density at radius 1 is 1.18 bits per heavy atom. The molecule has 1 aliphatic rings. The van der Waals surface area contributed by atoms with Gasteiger partial charge in [0.05, 0.1) is 0 Å². The highest BCUT2D eigenvalue weighted by Crippen LogP contribution is 2.21. The number of benzene rings is 1. The SMILES string of the molecule is Cc1nnc2c(N3CCN(C(=O)C(C)Oc4ccccc4F)CC3)nccn12. The van der Waals surface area contributed by atoms with Gasteiger partial charge < -0.3 is 14.5 Å². The predicted octanol–water partition coefficient (Wildman–Crippen LogP) is 1.69. The van der Waals surface area contributed by atoms with E-state index >= 15 is 0 Å². The largest absolute Gasteiger partial charge is 0.478 e. The van der Waals surface area contributed by atoms with Crippen LogP contribution in [0.15, 0.2) is 36.7 Å². The van der Waals surface area contributed by atoms with Crippen molar-refractivity contribution in [3.8, 4) is 5.75 Å². The lowest BCUT2D eigenvalue weighted by molar-refractivity contribution is -0.138. The third-order valence-corrected chi connectivity index (χ3v) is 4.86. The maximum Gasteiger partial charge on any atom is 0.263 e. The van der Waals surface area contributed by atoms with Crippen molar-refractivity contribution in [1.82, 2.24) is 24.5 Å². The van der Waals surface area contributed by atoms with Crippen LogP contribution < -0.4 is 9.64 Å². The summed E-state index contributed by atoms with van der Waals surface area (Å²) < 4.78 is 21.2. The number of hydrogen-bond acceptors (Lipinski definition) is 6. The van der Waals surface area contributed by atoms with Gasteiger partial charge in [0.1, 0.15) is 5.82 Å². The van der Waals surface area contributed by atoms with E-state index in [1.165, 1.54) is 12.1 Å². The van der Waals surface area contributed by atoms with Crippen LogP contribution in [0.2, 0.25) is 0 Å². The molecule has 1 fully saturated rings. The number of carbonyl (C=O) groups is 1. The van der Waals surface area contributed by atoms with Crippen molar-refractivity contribution in [2.75, 3.05) is 31.1 Å². The zero-order valence-corrected chi connectivity index (χ0v) is 15.7. The zero-order chi connectivity index (χ0) is 19.7. The minimum atomic E-state index is -0.760. The Bertz CT molecular complexity index is 999. The summed E-state index contributed by atoms with van der Waals surface area (Å²) in [7, 11) is 0. The van der Waals surface area contributed by atoms with Gasteiger partial charge in [0.2, 0.25) is 5.65 Å². The number of aryl methyl sites for hydroxylation is 1. The third kappa shape index (κ3) is 3.35. The number of anilines is 1. The van der Waals surface area contributed by atoms with Gasteiger partial charge in [-0.15, -0.1) is 10.2 Å². The van der Waals surface area contributed by atoms with Gasteiger partial charge >= 0.3 is 0 Å². The molecule has 0 bridgehead atoms. The number of para-hydroxylation sites is 1. The summed E-state index contributed by atoms with van der Waals surface area (Å²) in [5.74, 6) is 1.000. The molecule has 0 saturated carbocycles. The van der Waals surface area contributed by atoms with E-state index in [2.05, 4.69) is 20.1 Å². The molecule has 0 spiro atoms. The summed E-state index contributed by atoms with van der Waals surface area (Å²) in [6.45, 7) is 5.83. The summed E-state index contributed by atoms with van der Waals surface area (Å²) in [6.07, 6.45) is 2.79. The number of fused-ring (bicyclic) bond motifs is 1. The van der Waals surface area contributed by atoms with Gasteiger partial charge in [-0.25, -0.2) is 9.37 Å². The van der Waals surface area contributed by atoms with E-state index < -0.39 is 11.9 Å². The Balaban J connectivity index is 1.41. The molecule has 0 N–H and O–H groups in total. The molecule has 1 aliphatic heterocycles. The van der Waals surface area contributed by atoms with Crippen molar-refractivity contribution >= 4 is 17.4 Å². The zero-order valence-electron chi connectivity index (χ0n) is 15.7. The summed E-state index contributed by atoms with van der Waals surface area (Å²) in [4.78, 5) is 21.0. The van der Waals surface area contributed by atoms with Crippen LogP contribution in [-0.2, 0) is 4.79 Å². The highest BCUT2D eigenvalue weighted by atomic mass is 19.1. The summed E-state index contributed by atoms with van der Waals surface area (Å²) in [6, 6.07) is 6.09. The lowest BCUT2D eigenvalue weighted by atomic mass is 10.2. The molecular formula is C19H21FN6O2. The van der Waals surface area contributed by atoms with Gasteiger partial charge in [0.15, 0.2) is 23.5 Å². The van der Waals surface area contributed by atoms with E-state index in [9.17, 15) is 9.18 Å². The van der Waals surface area contributed by atoms with Crippen LogP contribution in [0.25, 0.3) is 5.65 Å². The van der Waals surface area contributed by atoms with E-state index in [1.54, 1.807) is 30.2 Å². The second kappa shape index (κ2) is 7.41. The van der Waals surface area contributed by atoms with Crippen molar-refractivity contribution in [1.29, 1.82) is 0 Å². The summed E-state index contributed by atoms with van der Waals surface area (Å²) in [5, 5.41) is 8.30. The number of rotatable bonds is 4. The van der Waals surface area contributed by atoms with Crippen LogP contribution in [0.1, 0.15) is 12.7 Å². The predicted molar refractivity (Wildman–Crippen MR) is 101 cm³/mol. The highest BCUT2D eigenvalue weighted by Gasteiger charge is 2.28. The van der Waals surface area contributed by atoms with E-state index in [-0.39, 0.29) is 11.7 Å². The molecule has 1 amide bonds. The van der Waals surface area contributed by atoms with Crippen molar-refractivity contribution in [3.63, 3.8) is 0 Å². The first-order valence-electron chi connectivity index (χ1n) is 9.16. The highest BCUT2D eigenvalue weighted by molar-refractivity contribution is 5.81. The number of halogens is 1. The topological polar surface area (TPSA) is 75.9 Å². The maximum absolute atomic E-state index is 13.7. The van der Waals surface area contributed by atoms with E-state index in [4.69, 9.17) is 4.74 Å². The van der Waals surface area contributed by atoms with Gasteiger partial charge in [0, 0.05) is 38.6 Å². The number of carbonyl (C=O) groups excluding carboxylic acids is 1.